The Kier molecular flexibility index (Phi) is 3.69. The number of fused-ring (bicyclic) bond motifs is 3. The number of ether oxygens (including phenoxy) is 1. The highest BCUT2D eigenvalue weighted by atomic mass is 32.1. The Morgan fingerprint density at radius 1 is 1.29 bits per heavy atom. The van der Waals surface area contributed by atoms with E-state index in [0.717, 1.165) is 31.4 Å². The van der Waals surface area contributed by atoms with Crippen LogP contribution in [0.5, 0.6) is 5.75 Å². The highest BCUT2D eigenvalue weighted by molar-refractivity contribution is 7.16. The number of rotatable bonds is 3. The third-order valence-corrected chi connectivity index (χ3v) is 5.00. The molecule has 4 nitrogen and oxygen atoms in total. The van der Waals surface area contributed by atoms with Crippen molar-refractivity contribution in [1.82, 2.24) is 4.57 Å². The van der Waals surface area contributed by atoms with Crippen LogP contribution >= 0.6 is 11.3 Å². The average molecular weight is 302 g/mol. The number of benzene rings is 2. The van der Waals surface area contributed by atoms with Crippen LogP contribution in [0.1, 0.15) is 5.56 Å². The molecule has 3 rings (SSSR count). The Labute approximate surface area is 126 Å². The molecule has 21 heavy (non-hydrogen) atoms. The van der Waals surface area contributed by atoms with E-state index in [1.54, 1.807) is 18.4 Å². The third-order valence-electron chi connectivity index (χ3n) is 3.71. The fraction of sp³-hybridized carbons (Fsp3) is 0.312. The molecule has 110 valence electrons. The normalized spacial score (nSPS) is 12.6. The minimum absolute atomic E-state index is 0.364. The molecule has 3 aromatic rings. The molecule has 0 aliphatic rings. The first-order valence-electron chi connectivity index (χ1n) is 6.84. The molecule has 0 unspecified atom stereocenters. The fourth-order valence-electron chi connectivity index (χ4n) is 2.59. The number of phenols is 1. The molecule has 0 atom stereocenters. The van der Waals surface area contributed by atoms with E-state index < -0.39 is 0 Å². The van der Waals surface area contributed by atoms with E-state index in [2.05, 4.69) is 9.56 Å². The maximum atomic E-state index is 10.4. The summed E-state index contributed by atoms with van der Waals surface area (Å²) < 4.78 is 8.24. The molecule has 0 bridgehead atoms. The van der Waals surface area contributed by atoms with Crippen molar-refractivity contribution in [1.29, 1.82) is 0 Å². The zero-order chi connectivity index (χ0) is 15.0. The van der Waals surface area contributed by atoms with E-state index in [1.807, 2.05) is 38.2 Å². The van der Waals surface area contributed by atoms with E-state index in [1.165, 1.54) is 0 Å². The van der Waals surface area contributed by atoms with E-state index in [0.29, 0.717) is 18.9 Å². The molecule has 1 heterocycles. The van der Waals surface area contributed by atoms with Crippen molar-refractivity contribution in [3.8, 4) is 5.75 Å². The van der Waals surface area contributed by atoms with Crippen LogP contribution in [0.25, 0.3) is 21.0 Å². The Hall–Kier alpha value is -1.85. The molecule has 0 amide bonds. The number of phenolic OH excluding ortho intramolecular Hbond substituents is 1. The van der Waals surface area contributed by atoms with Crippen LogP contribution in [0.3, 0.4) is 0 Å². The largest absolute Gasteiger partial charge is 0.507 e. The maximum Gasteiger partial charge on any atom is 0.185 e. The van der Waals surface area contributed by atoms with Gasteiger partial charge in [-0.05, 0) is 6.92 Å². The molecule has 0 radical (unpaired) electrons. The first-order chi connectivity index (χ1) is 10.1. The molecule has 1 N–H and O–H groups in total. The van der Waals surface area contributed by atoms with Crippen LogP contribution in [0, 0.1) is 6.92 Å². The minimum Gasteiger partial charge on any atom is -0.507 e. The van der Waals surface area contributed by atoms with E-state index in [9.17, 15) is 5.11 Å². The van der Waals surface area contributed by atoms with Crippen molar-refractivity contribution in [2.75, 3.05) is 20.3 Å². The topological polar surface area (TPSA) is 46.8 Å². The van der Waals surface area contributed by atoms with Gasteiger partial charge in [0.05, 0.1) is 23.4 Å². The Morgan fingerprint density at radius 2 is 2.00 bits per heavy atom. The first-order valence-corrected chi connectivity index (χ1v) is 7.66. The smallest absolute Gasteiger partial charge is 0.185 e. The highest BCUT2D eigenvalue weighted by Gasteiger charge is 2.14. The molecular formula is C16H18N2O2S. The van der Waals surface area contributed by atoms with Crippen LogP contribution in [-0.2, 0) is 11.8 Å². The van der Waals surface area contributed by atoms with Crippen LogP contribution in [0.4, 0.5) is 0 Å². The monoisotopic (exact) mass is 302 g/mol. The lowest BCUT2D eigenvalue weighted by Gasteiger charge is -2.08. The van der Waals surface area contributed by atoms with E-state index >= 15 is 0 Å². The third kappa shape index (κ3) is 2.22. The Balaban J connectivity index is 2.39. The van der Waals surface area contributed by atoms with Crippen LogP contribution in [0.15, 0.2) is 29.3 Å². The number of methoxy groups -OCH3 is 1. The summed E-state index contributed by atoms with van der Waals surface area (Å²) in [6.07, 6.45) is 0. The van der Waals surface area contributed by atoms with Gasteiger partial charge in [0.15, 0.2) is 4.80 Å². The SMILES string of the molecule is COCCN=c1sc2c(C)c(O)c3ccccc3c2n1C. The van der Waals surface area contributed by atoms with Crippen LogP contribution < -0.4 is 4.80 Å². The molecule has 0 aliphatic heterocycles. The van der Waals surface area contributed by atoms with Gasteiger partial charge in [-0.25, -0.2) is 0 Å². The molecule has 0 saturated heterocycles. The molecule has 1 aromatic heterocycles. The molecule has 0 aliphatic carbocycles. The molecular weight excluding hydrogens is 284 g/mol. The lowest BCUT2D eigenvalue weighted by molar-refractivity contribution is 0.207. The van der Waals surface area contributed by atoms with Gasteiger partial charge in [0.1, 0.15) is 5.75 Å². The zero-order valence-corrected chi connectivity index (χ0v) is 13.2. The van der Waals surface area contributed by atoms with Gasteiger partial charge < -0.3 is 14.4 Å². The quantitative estimate of drug-likeness (QED) is 0.756. The van der Waals surface area contributed by atoms with Gasteiger partial charge in [0, 0.05) is 30.5 Å². The van der Waals surface area contributed by atoms with Crippen LogP contribution in [0.2, 0.25) is 0 Å². The Morgan fingerprint density at radius 3 is 2.71 bits per heavy atom. The summed E-state index contributed by atoms with van der Waals surface area (Å²) >= 11 is 1.61. The molecule has 0 saturated carbocycles. The number of aromatic nitrogens is 1. The van der Waals surface area contributed by atoms with Gasteiger partial charge >= 0.3 is 0 Å². The number of aromatic hydroxyl groups is 1. The zero-order valence-electron chi connectivity index (χ0n) is 12.4. The summed E-state index contributed by atoms with van der Waals surface area (Å²) in [5, 5.41) is 12.4. The summed E-state index contributed by atoms with van der Waals surface area (Å²) in [6.45, 7) is 3.21. The second kappa shape index (κ2) is 5.50. The Bertz CT molecular complexity index is 877. The van der Waals surface area contributed by atoms with E-state index in [4.69, 9.17) is 4.74 Å². The maximum absolute atomic E-state index is 10.4. The van der Waals surface area contributed by atoms with Gasteiger partial charge in [-0.1, -0.05) is 35.6 Å². The number of nitrogens with zero attached hydrogens (tertiary/aromatic N) is 2. The lowest BCUT2D eigenvalue weighted by Crippen LogP contribution is -2.12. The highest BCUT2D eigenvalue weighted by Crippen LogP contribution is 2.37. The van der Waals surface area contributed by atoms with Gasteiger partial charge in [0.2, 0.25) is 0 Å². The van der Waals surface area contributed by atoms with Crippen molar-refractivity contribution in [2.24, 2.45) is 12.0 Å². The predicted molar refractivity (Wildman–Crippen MR) is 87.0 cm³/mol. The fourth-order valence-corrected chi connectivity index (χ4v) is 3.75. The lowest BCUT2D eigenvalue weighted by atomic mass is 10.0. The number of hydrogen-bond acceptors (Lipinski definition) is 4. The molecule has 0 fully saturated rings. The standard InChI is InChI=1S/C16H18N2O2S/c1-10-14(19)12-7-5-4-6-11(12)13-15(10)21-16(18(13)2)17-8-9-20-3/h4-7,19H,8-9H2,1-3H3. The second-order valence-corrected chi connectivity index (χ2v) is 5.99. The molecule has 5 heteroatoms. The van der Waals surface area contributed by atoms with Gasteiger partial charge in [0.25, 0.3) is 0 Å². The summed E-state index contributed by atoms with van der Waals surface area (Å²) in [7, 11) is 3.70. The van der Waals surface area contributed by atoms with Crippen molar-refractivity contribution in [3.05, 3.63) is 34.6 Å². The number of aryl methyl sites for hydroxylation is 2. The summed E-state index contributed by atoms with van der Waals surface area (Å²) in [5.74, 6) is 0.364. The van der Waals surface area contributed by atoms with Crippen molar-refractivity contribution in [3.63, 3.8) is 0 Å². The van der Waals surface area contributed by atoms with Gasteiger partial charge in [-0.2, -0.15) is 0 Å². The summed E-state index contributed by atoms with van der Waals surface area (Å²) in [5.41, 5.74) is 2.04. The predicted octanol–water partition coefficient (Wildman–Crippen LogP) is 2.95. The average Bonchev–Trinajstić information content (AvgIpc) is 2.83. The van der Waals surface area contributed by atoms with Crippen LogP contribution in [-0.4, -0.2) is 29.9 Å². The molecule has 2 aromatic carbocycles. The van der Waals surface area contributed by atoms with Gasteiger partial charge in [-0.3, -0.25) is 4.99 Å². The second-order valence-electron chi connectivity index (χ2n) is 5.02. The number of thiazole rings is 1. The van der Waals surface area contributed by atoms with Crippen molar-refractivity contribution in [2.45, 2.75) is 6.92 Å². The minimum atomic E-state index is 0.364. The van der Waals surface area contributed by atoms with Crippen molar-refractivity contribution < 1.29 is 9.84 Å². The van der Waals surface area contributed by atoms with Crippen molar-refractivity contribution >= 4 is 32.3 Å². The van der Waals surface area contributed by atoms with Gasteiger partial charge in [-0.15, -0.1) is 0 Å². The molecule has 0 spiro atoms. The summed E-state index contributed by atoms with van der Waals surface area (Å²) in [6, 6.07) is 7.94. The summed E-state index contributed by atoms with van der Waals surface area (Å²) in [4.78, 5) is 5.53. The first kappa shape index (κ1) is 14.1. The van der Waals surface area contributed by atoms with E-state index in [-0.39, 0.29) is 0 Å². The number of hydrogen-bond donors (Lipinski definition) is 1.